The molecule has 2 aromatic carbocycles. The summed E-state index contributed by atoms with van der Waals surface area (Å²) < 4.78 is 0. The molecule has 1 aliphatic rings. The quantitative estimate of drug-likeness (QED) is 0.760. The molecule has 6 nitrogen and oxygen atoms in total. The normalized spacial score (nSPS) is 15.3. The van der Waals surface area contributed by atoms with Gasteiger partial charge >= 0.3 is 0 Å². The molecule has 0 bridgehead atoms. The summed E-state index contributed by atoms with van der Waals surface area (Å²) in [4.78, 5) is 24.7. The van der Waals surface area contributed by atoms with E-state index in [2.05, 4.69) is 44.1 Å². The number of hydrogen-bond donors (Lipinski definition) is 2. The van der Waals surface area contributed by atoms with Gasteiger partial charge in [0, 0.05) is 37.6 Å². The van der Waals surface area contributed by atoms with Crippen molar-refractivity contribution < 1.29 is 4.79 Å². The minimum atomic E-state index is -0.146. The van der Waals surface area contributed by atoms with Crippen molar-refractivity contribution in [1.29, 1.82) is 0 Å². The van der Waals surface area contributed by atoms with Crippen LogP contribution in [-0.4, -0.2) is 53.5 Å². The number of anilines is 2. The molecule has 1 amide bonds. The van der Waals surface area contributed by atoms with E-state index in [1.165, 1.54) is 5.69 Å². The van der Waals surface area contributed by atoms with Gasteiger partial charge in [-0.15, -0.1) is 0 Å². The van der Waals surface area contributed by atoms with Crippen LogP contribution in [0.2, 0.25) is 0 Å². The van der Waals surface area contributed by atoms with E-state index in [1.54, 1.807) is 12.4 Å². The lowest BCUT2D eigenvalue weighted by molar-refractivity contribution is 0.102. The first-order chi connectivity index (χ1) is 12.7. The lowest BCUT2D eigenvalue weighted by atomic mass is 10.1. The Hall–Kier alpha value is -2.86. The first kappa shape index (κ1) is 16.6. The van der Waals surface area contributed by atoms with Crippen LogP contribution in [0.4, 0.5) is 11.4 Å². The molecule has 2 heterocycles. The largest absolute Gasteiger partial charge is 0.369 e. The molecule has 1 fully saturated rings. The van der Waals surface area contributed by atoms with E-state index in [0.29, 0.717) is 11.1 Å². The Morgan fingerprint density at radius 1 is 1.12 bits per heavy atom. The molecule has 1 saturated heterocycles. The van der Waals surface area contributed by atoms with E-state index < -0.39 is 0 Å². The summed E-state index contributed by atoms with van der Waals surface area (Å²) in [5.41, 5.74) is 4.12. The highest BCUT2D eigenvalue weighted by molar-refractivity contribution is 6.11. The summed E-state index contributed by atoms with van der Waals surface area (Å²) in [5, 5.41) is 2.97. The Morgan fingerprint density at radius 2 is 1.88 bits per heavy atom. The maximum atomic E-state index is 12.6. The second-order valence-electron chi connectivity index (χ2n) is 6.53. The van der Waals surface area contributed by atoms with Gasteiger partial charge in [-0.2, -0.15) is 0 Å². The van der Waals surface area contributed by atoms with E-state index >= 15 is 0 Å². The van der Waals surface area contributed by atoms with Crippen molar-refractivity contribution in [3.63, 3.8) is 0 Å². The van der Waals surface area contributed by atoms with Crippen LogP contribution < -0.4 is 10.2 Å². The number of amides is 1. The maximum absolute atomic E-state index is 12.6. The minimum absolute atomic E-state index is 0.146. The number of hydrogen-bond acceptors (Lipinski definition) is 4. The standard InChI is InChI=1S/C20H23N5O/c1-2-24-10-12-25(13-11-24)16-8-6-15(7-9-16)23-20(26)17-4-3-5-18-19(17)22-14-21-18/h3-9,14H,2,10-13H2,1H3,(H,21,22)(H,23,26). The maximum Gasteiger partial charge on any atom is 0.257 e. The van der Waals surface area contributed by atoms with Crippen LogP contribution in [0.3, 0.4) is 0 Å². The average Bonchev–Trinajstić information content (AvgIpc) is 3.17. The number of imidazole rings is 1. The predicted octanol–water partition coefficient (Wildman–Crippen LogP) is 2.96. The Bertz CT molecular complexity index is 894. The summed E-state index contributed by atoms with van der Waals surface area (Å²) >= 11 is 0. The van der Waals surface area contributed by atoms with E-state index in [9.17, 15) is 4.79 Å². The zero-order valence-electron chi connectivity index (χ0n) is 14.9. The van der Waals surface area contributed by atoms with Crippen molar-refractivity contribution in [1.82, 2.24) is 14.9 Å². The molecule has 0 spiro atoms. The molecule has 0 saturated carbocycles. The lowest BCUT2D eigenvalue weighted by Crippen LogP contribution is -2.46. The number of nitrogens with zero attached hydrogens (tertiary/aromatic N) is 3. The van der Waals surface area contributed by atoms with Crippen molar-refractivity contribution in [2.75, 3.05) is 42.9 Å². The number of nitrogens with one attached hydrogen (secondary N) is 2. The molecule has 0 aliphatic carbocycles. The van der Waals surface area contributed by atoms with Crippen LogP contribution >= 0.6 is 0 Å². The van der Waals surface area contributed by atoms with E-state index in [-0.39, 0.29) is 5.91 Å². The summed E-state index contributed by atoms with van der Waals surface area (Å²) in [7, 11) is 0. The van der Waals surface area contributed by atoms with Gasteiger partial charge < -0.3 is 20.1 Å². The van der Waals surface area contributed by atoms with Crippen LogP contribution in [-0.2, 0) is 0 Å². The molecule has 6 heteroatoms. The molecule has 4 rings (SSSR count). The summed E-state index contributed by atoms with van der Waals surface area (Å²) in [6.07, 6.45) is 1.61. The fraction of sp³-hybridized carbons (Fsp3) is 0.300. The van der Waals surface area contributed by atoms with Crippen LogP contribution in [0, 0.1) is 0 Å². The van der Waals surface area contributed by atoms with Gasteiger partial charge in [0.2, 0.25) is 0 Å². The number of carbonyl (C=O) groups is 1. The number of para-hydroxylation sites is 1. The lowest BCUT2D eigenvalue weighted by Gasteiger charge is -2.35. The number of piperazine rings is 1. The number of aromatic nitrogens is 2. The van der Waals surface area contributed by atoms with E-state index in [1.807, 2.05) is 24.3 Å². The number of fused-ring (bicyclic) bond motifs is 1. The predicted molar refractivity (Wildman–Crippen MR) is 105 cm³/mol. The van der Waals surface area contributed by atoms with Crippen molar-refractivity contribution in [2.45, 2.75) is 6.92 Å². The second kappa shape index (κ2) is 7.17. The first-order valence-corrected chi connectivity index (χ1v) is 9.05. The van der Waals surface area contributed by atoms with Crippen molar-refractivity contribution >= 4 is 28.3 Å². The van der Waals surface area contributed by atoms with Gasteiger partial charge in [0.1, 0.15) is 5.52 Å². The fourth-order valence-corrected chi connectivity index (χ4v) is 3.42. The molecule has 0 radical (unpaired) electrons. The first-order valence-electron chi connectivity index (χ1n) is 9.05. The summed E-state index contributed by atoms with van der Waals surface area (Å²) in [5.74, 6) is -0.146. The zero-order valence-corrected chi connectivity index (χ0v) is 14.9. The van der Waals surface area contributed by atoms with Gasteiger partial charge in [-0.05, 0) is 42.9 Å². The third-order valence-corrected chi connectivity index (χ3v) is 5.00. The molecule has 134 valence electrons. The molecular weight excluding hydrogens is 326 g/mol. The Kier molecular flexibility index (Phi) is 4.58. The number of likely N-dealkylation sites (N-methyl/N-ethyl adjacent to an activating group) is 1. The molecule has 2 N–H and O–H groups in total. The molecule has 0 atom stereocenters. The second-order valence-corrected chi connectivity index (χ2v) is 6.53. The van der Waals surface area contributed by atoms with Crippen LogP contribution in [0.1, 0.15) is 17.3 Å². The van der Waals surface area contributed by atoms with Crippen LogP contribution in [0.25, 0.3) is 11.0 Å². The molecule has 0 unspecified atom stereocenters. The summed E-state index contributed by atoms with van der Waals surface area (Å²) in [6.45, 7) is 7.60. The Balaban J connectivity index is 1.44. The highest BCUT2D eigenvalue weighted by atomic mass is 16.1. The fourth-order valence-electron chi connectivity index (χ4n) is 3.42. The van der Waals surface area contributed by atoms with Crippen LogP contribution in [0.15, 0.2) is 48.8 Å². The molecule has 3 aromatic rings. The molecule has 1 aromatic heterocycles. The van der Waals surface area contributed by atoms with Gasteiger partial charge in [-0.1, -0.05) is 13.0 Å². The van der Waals surface area contributed by atoms with Gasteiger partial charge in [0.25, 0.3) is 5.91 Å². The van der Waals surface area contributed by atoms with Gasteiger partial charge in [-0.25, -0.2) is 4.98 Å². The zero-order chi connectivity index (χ0) is 17.9. The average molecular weight is 349 g/mol. The van der Waals surface area contributed by atoms with E-state index in [0.717, 1.165) is 43.9 Å². The van der Waals surface area contributed by atoms with Gasteiger partial charge in [0.05, 0.1) is 17.4 Å². The minimum Gasteiger partial charge on any atom is -0.369 e. The van der Waals surface area contributed by atoms with Crippen molar-refractivity contribution in [3.05, 3.63) is 54.4 Å². The monoisotopic (exact) mass is 349 g/mol. The van der Waals surface area contributed by atoms with Crippen molar-refractivity contribution in [3.8, 4) is 0 Å². The van der Waals surface area contributed by atoms with Crippen LogP contribution in [0.5, 0.6) is 0 Å². The number of benzene rings is 2. The van der Waals surface area contributed by atoms with Crippen molar-refractivity contribution in [2.24, 2.45) is 0 Å². The number of rotatable bonds is 4. The number of H-pyrrole nitrogens is 1. The van der Waals surface area contributed by atoms with E-state index in [4.69, 9.17) is 0 Å². The SMILES string of the molecule is CCN1CCN(c2ccc(NC(=O)c3cccc4[nH]cnc34)cc2)CC1. The molecular formula is C20H23N5O. The third-order valence-electron chi connectivity index (χ3n) is 5.00. The highest BCUT2D eigenvalue weighted by Gasteiger charge is 2.16. The Morgan fingerprint density at radius 3 is 2.62 bits per heavy atom. The topological polar surface area (TPSA) is 64.3 Å². The van der Waals surface area contributed by atoms with Gasteiger partial charge in [0.15, 0.2) is 0 Å². The molecule has 1 aliphatic heterocycles. The Labute approximate surface area is 152 Å². The number of aromatic amines is 1. The summed E-state index contributed by atoms with van der Waals surface area (Å²) in [6, 6.07) is 13.6. The van der Waals surface area contributed by atoms with Gasteiger partial charge in [-0.3, -0.25) is 4.79 Å². The number of carbonyl (C=O) groups excluding carboxylic acids is 1. The third kappa shape index (κ3) is 3.28. The smallest absolute Gasteiger partial charge is 0.257 e. The molecule has 26 heavy (non-hydrogen) atoms. The highest BCUT2D eigenvalue weighted by Crippen LogP contribution is 2.21.